The summed E-state index contributed by atoms with van der Waals surface area (Å²) in [5.74, 6) is 0.162. The number of hydrogen-bond acceptors (Lipinski definition) is 4. The van der Waals surface area contributed by atoms with E-state index in [1.54, 1.807) is 6.20 Å². The van der Waals surface area contributed by atoms with Crippen molar-refractivity contribution in [1.82, 2.24) is 14.8 Å². The highest BCUT2D eigenvalue weighted by Gasteiger charge is 2.42. The number of amides is 1. The lowest BCUT2D eigenvalue weighted by Gasteiger charge is -2.47. The van der Waals surface area contributed by atoms with E-state index in [-0.39, 0.29) is 11.4 Å². The fraction of sp³-hybridized carbons (Fsp3) is 0.684. The minimum Gasteiger partial charge on any atom is -0.379 e. The molecule has 1 aromatic heterocycles. The minimum atomic E-state index is 0.123. The van der Waals surface area contributed by atoms with Gasteiger partial charge in [0.2, 0.25) is 0 Å². The monoisotopic (exact) mass is 329 g/mol. The Hall–Kier alpha value is -1.46. The van der Waals surface area contributed by atoms with Crippen LogP contribution >= 0.6 is 0 Å². The summed E-state index contributed by atoms with van der Waals surface area (Å²) in [6.07, 6.45) is 9.36. The second kappa shape index (κ2) is 6.81. The van der Waals surface area contributed by atoms with Gasteiger partial charge in [-0.15, -0.1) is 0 Å². The van der Waals surface area contributed by atoms with Gasteiger partial charge in [0.05, 0.1) is 31.0 Å². The molecule has 3 heterocycles. The molecule has 1 saturated carbocycles. The van der Waals surface area contributed by atoms with Gasteiger partial charge in [-0.05, 0) is 25.0 Å². The molecule has 0 unspecified atom stereocenters. The molecule has 0 bridgehead atoms. The fourth-order valence-corrected chi connectivity index (χ4v) is 4.66. The van der Waals surface area contributed by atoms with Crippen molar-refractivity contribution in [3.8, 4) is 0 Å². The van der Waals surface area contributed by atoms with Crippen LogP contribution in [0.15, 0.2) is 18.3 Å². The molecule has 2 fully saturated rings. The zero-order valence-corrected chi connectivity index (χ0v) is 14.4. The predicted molar refractivity (Wildman–Crippen MR) is 91.8 cm³/mol. The number of rotatable bonds is 3. The van der Waals surface area contributed by atoms with Crippen molar-refractivity contribution in [1.29, 1.82) is 0 Å². The van der Waals surface area contributed by atoms with E-state index in [1.165, 1.54) is 38.5 Å². The number of nitrogens with zero attached hydrogens (tertiary/aromatic N) is 3. The Kier molecular flexibility index (Phi) is 4.55. The molecule has 4 rings (SSSR count). The molecular weight excluding hydrogens is 302 g/mol. The SMILES string of the molecule is O=C1c2cccnc2CN1CC1(N2CCOCC2)CCCCCC1. The van der Waals surface area contributed by atoms with Crippen molar-refractivity contribution in [3.05, 3.63) is 29.6 Å². The summed E-state index contributed by atoms with van der Waals surface area (Å²) in [5.41, 5.74) is 1.86. The van der Waals surface area contributed by atoms with Crippen LogP contribution in [-0.2, 0) is 11.3 Å². The van der Waals surface area contributed by atoms with Gasteiger partial charge in [0.1, 0.15) is 0 Å². The molecule has 1 saturated heterocycles. The molecule has 0 radical (unpaired) electrons. The Morgan fingerprint density at radius 1 is 1.12 bits per heavy atom. The zero-order valence-electron chi connectivity index (χ0n) is 14.4. The van der Waals surface area contributed by atoms with Crippen molar-refractivity contribution in [2.75, 3.05) is 32.8 Å². The lowest BCUT2D eigenvalue weighted by Crippen LogP contribution is -2.58. The highest BCUT2D eigenvalue weighted by Crippen LogP contribution is 2.36. The summed E-state index contributed by atoms with van der Waals surface area (Å²) in [5, 5.41) is 0. The van der Waals surface area contributed by atoms with Crippen molar-refractivity contribution >= 4 is 5.91 Å². The molecule has 1 aliphatic carbocycles. The van der Waals surface area contributed by atoms with Gasteiger partial charge in [0.15, 0.2) is 0 Å². The Labute approximate surface area is 144 Å². The third-order valence-electron chi connectivity index (χ3n) is 5.95. The quantitative estimate of drug-likeness (QED) is 0.799. The Balaban J connectivity index is 1.57. The summed E-state index contributed by atoms with van der Waals surface area (Å²) in [4.78, 5) is 21.9. The molecule has 0 aromatic carbocycles. The van der Waals surface area contributed by atoms with Gasteiger partial charge in [-0.25, -0.2) is 0 Å². The molecule has 24 heavy (non-hydrogen) atoms. The number of morpholine rings is 1. The van der Waals surface area contributed by atoms with E-state index in [4.69, 9.17) is 4.74 Å². The van der Waals surface area contributed by atoms with Crippen LogP contribution in [0.1, 0.15) is 54.6 Å². The minimum absolute atomic E-state index is 0.123. The molecule has 5 heteroatoms. The van der Waals surface area contributed by atoms with Gasteiger partial charge in [0, 0.05) is 31.4 Å². The number of ether oxygens (including phenoxy) is 1. The predicted octanol–water partition coefficient (Wildman–Crippen LogP) is 2.46. The van der Waals surface area contributed by atoms with E-state index in [0.29, 0.717) is 6.54 Å². The van der Waals surface area contributed by atoms with Crippen molar-refractivity contribution in [2.45, 2.75) is 50.6 Å². The van der Waals surface area contributed by atoms with E-state index >= 15 is 0 Å². The van der Waals surface area contributed by atoms with Crippen LogP contribution in [0.5, 0.6) is 0 Å². The topological polar surface area (TPSA) is 45.7 Å². The van der Waals surface area contributed by atoms with Crippen LogP contribution in [0.4, 0.5) is 0 Å². The van der Waals surface area contributed by atoms with E-state index in [1.807, 2.05) is 17.0 Å². The molecule has 3 aliphatic rings. The van der Waals surface area contributed by atoms with Gasteiger partial charge in [-0.2, -0.15) is 0 Å². The highest BCUT2D eigenvalue weighted by atomic mass is 16.5. The van der Waals surface area contributed by atoms with Crippen LogP contribution in [0, 0.1) is 0 Å². The lowest BCUT2D eigenvalue weighted by molar-refractivity contribution is -0.0398. The van der Waals surface area contributed by atoms with Gasteiger partial charge < -0.3 is 9.64 Å². The first-order valence-corrected chi connectivity index (χ1v) is 9.34. The largest absolute Gasteiger partial charge is 0.379 e. The average Bonchev–Trinajstić information content (AvgIpc) is 2.80. The maximum Gasteiger partial charge on any atom is 0.256 e. The van der Waals surface area contributed by atoms with Gasteiger partial charge in [-0.1, -0.05) is 25.7 Å². The average molecular weight is 329 g/mol. The molecule has 0 spiro atoms. The van der Waals surface area contributed by atoms with Crippen LogP contribution < -0.4 is 0 Å². The van der Waals surface area contributed by atoms with Crippen LogP contribution in [0.25, 0.3) is 0 Å². The van der Waals surface area contributed by atoms with Crippen molar-refractivity contribution in [2.24, 2.45) is 0 Å². The maximum atomic E-state index is 12.8. The Bertz CT molecular complexity index is 590. The number of hydrogen-bond donors (Lipinski definition) is 0. The number of pyridine rings is 1. The third kappa shape index (κ3) is 2.95. The van der Waals surface area contributed by atoms with Gasteiger partial charge >= 0.3 is 0 Å². The third-order valence-corrected chi connectivity index (χ3v) is 5.95. The van der Waals surface area contributed by atoms with Gasteiger partial charge in [-0.3, -0.25) is 14.7 Å². The molecule has 1 aromatic rings. The molecule has 1 amide bonds. The fourth-order valence-electron chi connectivity index (χ4n) is 4.66. The summed E-state index contributed by atoms with van der Waals surface area (Å²) in [6.45, 7) is 5.12. The molecule has 5 nitrogen and oxygen atoms in total. The number of carbonyl (C=O) groups is 1. The molecule has 0 N–H and O–H groups in total. The molecule has 0 atom stereocenters. The van der Waals surface area contributed by atoms with E-state index in [0.717, 1.165) is 44.1 Å². The lowest BCUT2D eigenvalue weighted by atomic mass is 9.87. The van der Waals surface area contributed by atoms with Gasteiger partial charge in [0.25, 0.3) is 5.91 Å². The van der Waals surface area contributed by atoms with E-state index in [2.05, 4.69) is 9.88 Å². The zero-order chi connectivity index (χ0) is 16.4. The Morgan fingerprint density at radius 2 is 1.88 bits per heavy atom. The summed E-state index contributed by atoms with van der Waals surface area (Å²) >= 11 is 0. The highest BCUT2D eigenvalue weighted by molar-refractivity contribution is 5.97. The first-order valence-electron chi connectivity index (χ1n) is 9.34. The smallest absolute Gasteiger partial charge is 0.256 e. The summed E-state index contributed by atoms with van der Waals surface area (Å²) in [6, 6.07) is 3.78. The van der Waals surface area contributed by atoms with Crippen LogP contribution in [0.3, 0.4) is 0 Å². The summed E-state index contributed by atoms with van der Waals surface area (Å²) in [7, 11) is 0. The summed E-state index contributed by atoms with van der Waals surface area (Å²) < 4.78 is 5.58. The first kappa shape index (κ1) is 16.0. The van der Waals surface area contributed by atoms with Crippen LogP contribution in [0.2, 0.25) is 0 Å². The second-order valence-corrected chi connectivity index (χ2v) is 7.40. The Morgan fingerprint density at radius 3 is 2.58 bits per heavy atom. The number of fused-ring (bicyclic) bond motifs is 1. The van der Waals surface area contributed by atoms with E-state index < -0.39 is 0 Å². The van der Waals surface area contributed by atoms with Crippen molar-refractivity contribution in [3.63, 3.8) is 0 Å². The molecule has 130 valence electrons. The maximum absolute atomic E-state index is 12.8. The second-order valence-electron chi connectivity index (χ2n) is 7.40. The molecule has 2 aliphatic heterocycles. The number of carbonyl (C=O) groups excluding carboxylic acids is 1. The number of aromatic nitrogens is 1. The van der Waals surface area contributed by atoms with Crippen molar-refractivity contribution < 1.29 is 9.53 Å². The van der Waals surface area contributed by atoms with Crippen LogP contribution in [-0.4, -0.2) is 59.1 Å². The standard InChI is InChI=1S/C19H27N3O2/c23-18-16-6-5-9-20-17(16)14-21(18)15-19(7-3-1-2-4-8-19)22-10-12-24-13-11-22/h5-6,9H,1-4,7-8,10-15H2. The van der Waals surface area contributed by atoms with E-state index in [9.17, 15) is 4.79 Å². The molecular formula is C19H27N3O2. The first-order chi connectivity index (χ1) is 11.8. The normalized spacial score (nSPS) is 24.7.